The second-order valence-corrected chi connectivity index (χ2v) is 9.28. The summed E-state index contributed by atoms with van der Waals surface area (Å²) in [7, 11) is 2.06. The van der Waals surface area contributed by atoms with E-state index in [-0.39, 0.29) is 11.7 Å². The number of carbonyl (C=O) groups excluding carboxylic acids is 1. The first-order chi connectivity index (χ1) is 14.5. The van der Waals surface area contributed by atoms with Crippen molar-refractivity contribution in [2.45, 2.75) is 0 Å². The van der Waals surface area contributed by atoms with Gasteiger partial charge in [0.25, 0.3) is 5.91 Å². The number of rotatable bonds is 3. The molecule has 2 aliphatic rings. The molecule has 0 radical (unpaired) electrons. The average Bonchev–Trinajstić information content (AvgIpc) is 2.73. The summed E-state index contributed by atoms with van der Waals surface area (Å²) in [4.78, 5) is 19.7. The van der Waals surface area contributed by atoms with Gasteiger partial charge < -0.3 is 14.7 Å². The number of amides is 1. The number of benzene rings is 2. The van der Waals surface area contributed by atoms with Gasteiger partial charge in [-0.05, 0) is 31.3 Å². The van der Waals surface area contributed by atoms with Gasteiger partial charge in [0.05, 0.1) is 26.3 Å². The second kappa shape index (κ2) is 9.18. The number of nitrogens with zero attached hydrogens (tertiary/aromatic N) is 3. The van der Waals surface area contributed by atoms with E-state index >= 15 is 0 Å². The Balaban J connectivity index is 1.67. The lowest BCUT2D eigenvalue weighted by Gasteiger charge is -2.35. The first-order valence-electron chi connectivity index (χ1n) is 9.78. The summed E-state index contributed by atoms with van der Waals surface area (Å²) in [6, 6.07) is 10.3. The van der Waals surface area contributed by atoms with Crippen LogP contribution in [0.5, 0.6) is 0 Å². The first kappa shape index (κ1) is 21.5. The van der Waals surface area contributed by atoms with Gasteiger partial charge in [-0.25, -0.2) is 4.39 Å². The van der Waals surface area contributed by atoms with Crippen LogP contribution >= 0.6 is 35.0 Å². The Bertz CT molecular complexity index is 992. The topological polar surface area (TPSA) is 26.8 Å². The lowest BCUT2D eigenvalue weighted by Crippen LogP contribution is -2.45. The maximum absolute atomic E-state index is 14.8. The highest BCUT2D eigenvalue weighted by molar-refractivity contribution is 8.04. The minimum absolute atomic E-state index is 0.149. The van der Waals surface area contributed by atoms with Gasteiger partial charge in [-0.1, -0.05) is 41.4 Å². The van der Waals surface area contributed by atoms with Crippen LogP contribution in [0.15, 0.2) is 41.3 Å². The van der Waals surface area contributed by atoms with Gasteiger partial charge in [0.15, 0.2) is 0 Å². The zero-order valence-corrected chi connectivity index (χ0v) is 18.9. The van der Waals surface area contributed by atoms with E-state index in [1.165, 1.54) is 17.8 Å². The highest BCUT2D eigenvalue weighted by Gasteiger charge is 2.28. The molecule has 2 aromatic carbocycles. The Kier molecular flexibility index (Phi) is 6.58. The zero-order chi connectivity index (χ0) is 21.3. The van der Waals surface area contributed by atoms with Crippen LogP contribution in [0.2, 0.25) is 10.0 Å². The van der Waals surface area contributed by atoms with Crippen LogP contribution in [0.3, 0.4) is 0 Å². The molecule has 158 valence electrons. The second-order valence-electron chi connectivity index (χ2n) is 7.35. The minimum atomic E-state index is -0.267. The summed E-state index contributed by atoms with van der Waals surface area (Å²) >= 11 is 14.0. The quantitative estimate of drug-likeness (QED) is 0.595. The van der Waals surface area contributed by atoms with Crippen molar-refractivity contribution in [2.24, 2.45) is 0 Å². The van der Waals surface area contributed by atoms with Crippen LogP contribution in [-0.4, -0.2) is 56.3 Å². The minimum Gasteiger partial charge on any atom is -0.366 e. The number of thioether (sulfide) groups is 1. The predicted molar refractivity (Wildman–Crippen MR) is 125 cm³/mol. The Morgan fingerprint density at radius 2 is 1.77 bits per heavy atom. The molecule has 0 N–H and O–H groups in total. The number of likely N-dealkylation sites (N-methyl/N-ethyl adjacent to an activating group) is 1. The smallest absolute Gasteiger partial charge is 0.264 e. The van der Waals surface area contributed by atoms with E-state index in [9.17, 15) is 9.18 Å². The predicted octanol–water partition coefficient (Wildman–Crippen LogP) is 5.01. The van der Waals surface area contributed by atoms with E-state index < -0.39 is 0 Å². The van der Waals surface area contributed by atoms with Crippen molar-refractivity contribution >= 4 is 58.3 Å². The Morgan fingerprint density at radius 3 is 2.53 bits per heavy atom. The molecule has 0 spiro atoms. The SMILES string of the molecule is CN1CCN(c2c(F)cccc2C=C2SCCN(c3cccc(Cl)c3Cl)C2=O)CC1. The van der Waals surface area contributed by atoms with E-state index in [4.69, 9.17) is 23.2 Å². The first-order valence-corrected chi connectivity index (χ1v) is 11.5. The van der Waals surface area contributed by atoms with Gasteiger partial charge in [0, 0.05) is 44.0 Å². The summed E-state index contributed by atoms with van der Waals surface area (Å²) in [6.07, 6.45) is 1.80. The van der Waals surface area contributed by atoms with E-state index in [0.29, 0.717) is 32.9 Å². The average molecular weight is 466 g/mol. The molecule has 4 rings (SSSR count). The van der Waals surface area contributed by atoms with Crippen LogP contribution in [0.4, 0.5) is 15.8 Å². The van der Waals surface area contributed by atoms with Gasteiger partial charge in [-0.2, -0.15) is 0 Å². The molecule has 2 heterocycles. The monoisotopic (exact) mass is 465 g/mol. The molecule has 8 heteroatoms. The Hall–Kier alpha value is -1.73. The standard InChI is InChI=1S/C22H22Cl2FN3OS/c1-26-8-10-27(11-9-26)21-15(4-2-6-17(21)25)14-19-22(29)28(12-13-30-19)18-7-3-5-16(23)20(18)24/h2-7,14H,8-13H2,1H3. The molecule has 0 saturated carbocycles. The normalized spacial score (nSPS) is 19.6. The maximum Gasteiger partial charge on any atom is 0.264 e. The number of piperazine rings is 1. The molecule has 0 aromatic heterocycles. The molecular formula is C22H22Cl2FN3OS. The van der Waals surface area contributed by atoms with Gasteiger partial charge in [-0.3, -0.25) is 4.79 Å². The molecule has 0 aliphatic carbocycles. The number of hydrogen-bond acceptors (Lipinski definition) is 4. The molecule has 30 heavy (non-hydrogen) atoms. The van der Waals surface area contributed by atoms with Crippen molar-refractivity contribution < 1.29 is 9.18 Å². The fraction of sp³-hybridized carbons (Fsp3) is 0.318. The molecule has 0 unspecified atom stereocenters. The molecule has 2 saturated heterocycles. The van der Waals surface area contributed by atoms with Crippen LogP contribution in [0, 0.1) is 5.82 Å². The fourth-order valence-corrected chi connectivity index (χ4v) is 5.07. The van der Waals surface area contributed by atoms with E-state index in [1.807, 2.05) is 6.07 Å². The highest BCUT2D eigenvalue weighted by Crippen LogP contribution is 2.37. The van der Waals surface area contributed by atoms with Crippen molar-refractivity contribution in [1.82, 2.24) is 4.90 Å². The largest absolute Gasteiger partial charge is 0.366 e. The van der Waals surface area contributed by atoms with Crippen molar-refractivity contribution in [1.29, 1.82) is 0 Å². The summed E-state index contributed by atoms with van der Waals surface area (Å²) in [6.45, 7) is 3.78. The number of para-hydroxylation sites is 1. The van der Waals surface area contributed by atoms with Crippen molar-refractivity contribution in [2.75, 3.05) is 55.3 Å². The molecule has 1 amide bonds. The molecule has 4 nitrogen and oxygen atoms in total. The van der Waals surface area contributed by atoms with Crippen LogP contribution < -0.4 is 9.80 Å². The maximum atomic E-state index is 14.8. The third-order valence-electron chi connectivity index (χ3n) is 5.37. The number of anilines is 2. The molecule has 2 aliphatic heterocycles. The lowest BCUT2D eigenvalue weighted by molar-refractivity contribution is -0.114. The number of hydrogen-bond donors (Lipinski definition) is 0. The van der Waals surface area contributed by atoms with E-state index in [2.05, 4.69) is 16.8 Å². The number of carbonyl (C=O) groups is 1. The van der Waals surface area contributed by atoms with Gasteiger partial charge in [-0.15, -0.1) is 11.8 Å². The third-order valence-corrected chi connectivity index (χ3v) is 7.17. The van der Waals surface area contributed by atoms with Gasteiger partial charge in [0.2, 0.25) is 0 Å². The highest BCUT2D eigenvalue weighted by atomic mass is 35.5. The van der Waals surface area contributed by atoms with Gasteiger partial charge >= 0.3 is 0 Å². The van der Waals surface area contributed by atoms with Crippen LogP contribution in [-0.2, 0) is 4.79 Å². The summed E-state index contributed by atoms with van der Waals surface area (Å²) < 4.78 is 14.8. The molecular weight excluding hydrogens is 444 g/mol. The molecule has 2 fully saturated rings. The number of halogens is 3. The zero-order valence-electron chi connectivity index (χ0n) is 16.6. The van der Waals surface area contributed by atoms with Crippen LogP contribution in [0.25, 0.3) is 6.08 Å². The van der Waals surface area contributed by atoms with E-state index in [0.717, 1.165) is 37.5 Å². The lowest BCUT2D eigenvalue weighted by atomic mass is 10.1. The van der Waals surface area contributed by atoms with Crippen molar-refractivity contribution in [3.63, 3.8) is 0 Å². The Morgan fingerprint density at radius 1 is 1.03 bits per heavy atom. The molecule has 2 aromatic rings. The van der Waals surface area contributed by atoms with E-state index in [1.54, 1.807) is 35.2 Å². The summed E-state index contributed by atoms with van der Waals surface area (Å²) in [5.41, 5.74) is 1.87. The molecule has 0 bridgehead atoms. The summed E-state index contributed by atoms with van der Waals surface area (Å²) in [5.74, 6) is 0.306. The Labute approximate surface area is 190 Å². The third kappa shape index (κ3) is 4.33. The van der Waals surface area contributed by atoms with Crippen molar-refractivity contribution in [3.8, 4) is 0 Å². The van der Waals surface area contributed by atoms with Gasteiger partial charge in [0.1, 0.15) is 5.82 Å². The van der Waals surface area contributed by atoms with Crippen molar-refractivity contribution in [3.05, 3.63) is 62.7 Å². The summed E-state index contributed by atoms with van der Waals surface area (Å²) in [5, 5.41) is 0.774. The fourth-order valence-electron chi connectivity index (χ4n) is 3.73. The van der Waals surface area contributed by atoms with Crippen LogP contribution in [0.1, 0.15) is 5.56 Å². The molecule has 0 atom stereocenters.